The number of carbonyl (C=O) groups excluding carboxylic acids is 1. The average molecular weight is 204 g/mol. The molecule has 0 aliphatic carbocycles. The molecule has 0 spiro atoms. The molecule has 6 nitrogen and oxygen atoms in total. The molecule has 1 aromatic heterocycles. The van der Waals surface area contributed by atoms with Crippen LogP contribution in [0.25, 0.3) is 10.9 Å². The van der Waals surface area contributed by atoms with Crippen LogP contribution in [0.1, 0.15) is 10.4 Å². The number of nitrogens with zero attached hydrogens (tertiary/aromatic N) is 2. The van der Waals surface area contributed by atoms with Crippen molar-refractivity contribution in [3.05, 3.63) is 23.8 Å². The lowest BCUT2D eigenvalue weighted by atomic mass is 10.1. The first kappa shape index (κ1) is 9.20. The van der Waals surface area contributed by atoms with Gasteiger partial charge in [-0.2, -0.15) is 5.10 Å². The summed E-state index contributed by atoms with van der Waals surface area (Å²) in [7, 11) is 0. The van der Waals surface area contributed by atoms with Crippen molar-refractivity contribution < 1.29 is 10.0 Å². The fraction of sp³-hybridized carbons (Fsp3) is 0. The highest BCUT2D eigenvalue weighted by atomic mass is 16.4. The van der Waals surface area contributed by atoms with Gasteiger partial charge in [0.2, 0.25) is 5.78 Å². The third kappa shape index (κ3) is 1.52. The molecule has 0 bridgehead atoms. The van der Waals surface area contributed by atoms with Crippen LogP contribution in [-0.4, -0.2) is 27.4 Å². The molecule has 0 unspecified atom stereocenters. The van der Waals surface area contributed by atoms with Gasteiger partial charge in [-0.1, -0.05) is 11.2 Å². The number of hydrogen-bond donors (Lipinski definition) is 3. The van der Waals surface area contributed by atoms with E-state index in [1.54, 1.807) is 18.2 Å². The Labute approximate surface area is 84.4 Å². The number of fused-ring (bicyclic) bond motifs is 1. The zero-order valence-electron chi connectivity index (χ0n) is 7.64. The molecule has 0 aliphatic heterocycles. The van der Waals surface area contributed by atoms with Crippen LogP contribution >= 0.6 is 0 Å². The number of aromatic nitrogens is 2. The number of oxime groups is 1. The third-order valence-electron chi connectivity index (χ3n) is 2.05. The average Bonchev–Trinajstić information content (AvgIpc) is 2.60. The molecule has 0 aliphatic rings. The molecule has 6 heteroatoms. The fourth-order valence-electron chi connectivity index (χ4n) is 1.32. The molecule has 0 radical (unpaired) electrons. The lowest BCUT2D eigenvalue weighted by molar-refractivity contribution is 0.106. The molecule has 0 saturated carbocycles. The molecule has 1 heterocycles. The highest BCUT2D eigenvalue weighted by Gasteiger charge is 2.07. The summed E-state index contributed by atoms with van der Waals surface area (Å²) in [5.41, 5.74) is 6.64. The minimum absolute atomic E-state index is 0.382. The Bertz CT molecular complexity index is 544. The summed E-state index contributed by atoms with van der Waals surface area (Å²) >= 11 is 0. The van der Waals surface area contributed by atoms with Gasteiger partial charge in [-0.3, -0.25) is 9.89 Å². The second kappa shape index (κ2) is 3.41. The number of carbonyl (C=O) groups is 1. The van der Waals surface area contributed by atoms with Crippen LogP contribution in [0, 0.1) is 0 Å². The van der Waals surface area contributed by atoms with Crippen LogP contribution in [0.5, 0.6) is 0 Å². The second-order valence-electron chi connectivity index (χ2n) is 2.98. The highest BCUT2D eigenvalue weighted by Crippen LogP contribution is 2.18. The molecule has 1 aromatic carbocycles. The Balaban J connectivity index is 2.52. The topological polar surface area (TPSA) is 104 Å². The van der Waals surface area contributed by atoms with Gasteiger partial charge in [-0.15, -0.1) is 0 Å². The van der Waals surface area contributed by atoms with E-state index in [4.69, 9.17) is 10.9 Å². The molecular weight excluding hydrogens is 196 g/mol. The molecule has 2 aromatic rings. The number of hydrogen-bond acceptors (Lipinski definition) is 5. The zero-order valence-corrected chi connectivity index (χ0v) is 7.64. The van der Waals surface area contributed by atoms with E-state index in [2.05, 4.69) is 15.4 Å². The lowest BCUT2D eigenvalue weighted by Crippen LogP contribution is -1.99. The minimum atomic E-state index is -0.382. The molecule has 15 heavy (non-hydrogen) atoms. The van der Waals surface area contributed by atoms with E-state index >= 15 is 0 Å². The van der Waals surface area contributed by atoms with Gasteiger partial charge >= 0.3 is 0 Å². The van der Waals surface area contributed by atoms with E-state index in [1.807, 2.05) is 0 Å². The summed E-state index contributed by atoms with van der Waals surface area (Å²) in [4.78, 5) is 11.3. The first-order valence-corrected chi connectivity index (χ1v) is 4.17. The van der Waals surface area contributed by atoms with Gasteiger partial charge in [-0.25, -0.2) is 0 Å². The number of rotatable bonds is 2. The van der Waals surface area contributed by atoms with Gasteiger partial charge in [0, 0.05) is 10.9 Å². The molecule has 0 atom stereocenters. The molecule has 4 N–H and O–H groups in total. The molecule has 0 saturated heterocycles. The van der Waals surface area contributed by atoms with E-state index in [0.29, 0.717) is 16.9 Å². The standard InChI is InChI=1S/C9H8N4O2/c10-9-6-2-1-5(8(14)4-11-15)3-7(6)12-13-9/h1-4,15H,(H3,10,12,13). The van der Waals surface area contributed by atoms with E-state index in [9.17, 15) is 4.79 Å². The smallest absolute Gasteiger partial charge is 0.207 e. The Morgan fingerprint density at radius 2 is 2.40 bits per heavy atom. The largest absolute Gasteiger partial charge is 0.411 e. The van der Waals surface area contributed by atoms with E-state index in [0.717, 1.165) is 11.6 Å². The van der Waals surface area contributed by atoms with Crippen LogP contribution in [-0.2, 0) is 0 Å². The van der Waals surface area contributed by atoms with Crippen molar-refractivity contribution in [1.29, 1.82) is 0 Å². The maximum atomic E-state index is 11.3. The van der Waals surface area contributed by atoms with Gasteiger partial charge in [-0.05, 0) is 12.1 Å². The summed E-state index contributed by atoms with van der Waals surface area (Å²) in [6.07, 6.45) is 0.834. The van der Waals surface area contributed by atoms with Gasteiger partial charge < -0.3 is 10.9 Å². The molecule has 0 amide bonds. The maximum Gasteiger partial charge on any atom is 0.207 e. The molecule has 0 fully saturated rings. The van der Waals surface area contributed by atoms with Crippen molar-refractivity contribution in [2.24, 2.45) is 5.16 Å². The number of anilines is 1. The Morgan fingerprint density at radius 3 is 3.13 bits per heavy atom. The first-order valence-electron chi connectivity index (χ1n) is 4.17. The fourth-order valence-corrected chi connectivity index (χ4v) is 1.32. The highest BCUT2D eigenvalue weighted by molar-refractivity contribution is 6.35. The van der Waals surface area contributed by atoms with Crippen molar-refractivity contribution in [3.8, 4) is 0 Å². The number of H-pyrrole nitrogens is 1. The van der Waals surface area contributed by atoms with Gasteiger partial charge in [0.05, 0.1) is 5.52 Å². The van der Waals surface area contributed by atoms with Crippen LogP contribution in [0.4, 0.5) is 5.82 Å². The molecular formula is C9H8N4O2. The van der Waals surface area contributed by atoms with Gasteiger partial charge in [0.15, 0.2) is 5.82 Å². The van der Waals surface area contributed by atoms with Crippen LogP contribution in [0.15, 0.2) is 23.4 Å². The van der Waals surface area contributed by atoms with Crippen LogP contribution < -0.4 is 5.73 Å². The van der Waals surface area contributed by atoms with Crippen molar-refractivity contribution in [2.75, 3.05) is 5.73 Å². The monoisotopic (exact) mass is 204 g/mol. The minimum Gasteiger partial charge on any atom is -0.411 e. The predicted molar refractivity (Wildman–Crippen MR) is 55.1 cm³/mol. The predicted octanol–water partition coefficient (Wildman–Crippen LogP) is 0.788. The van der Waals surface area contributed by atoms with E-state index < -0.39 is 0 Å². The molecule has 2 rings (SSSR count). The van der Waals surface area contributed by atoms with E-state index in [1.165, 1.54) is 0 Å². The Hall–Kier alpha value is -2.37. The quantitative estimate of drug-likeness (QED) is 0.291. The van der Waals surface area contributed by atoms with Gasteiger partial charge in [0.1, 0.15) is 6.21 Å². The normalized spacial score (nSPS) is 11.2. The number of nitrogens with one attached hydrogen (secondary N) is 1. The summed E-state index contributed by atoms with van der Waals surface area (Å²) in [6, 6.07) is 4.88. The van der Waals surface area contributed by atoms with Crippen LogP contribution in [0.3, 0.4) is 0 Å². The Morgan fingerprint density at radius 1 is 1.60 bits per heavy atom. The number of nitrogen functional groups attached to an aromatic ring is 1. The summed E-state index contributed by atoms with van der Waals surface area (Å²) in [6.45, 7) is 0. The van der Waals surface area contributed by atoms with Crippen molar-refractivity contribution in [3.63, 3.8) is 0 Å². The number of ketones is 1. The van der Waals surface area contributed by atoms with Gasteiger partial charge in [0.25, 0.3) is 0 Å². The van der Waals surface area contributed by atoms with Crippen LogP contribution in [0.2, 0.25) is 0 Å². The zero-order chi connectivity index (χ0) is 10.8. The Kier molecular flexibility index (Phi) is 2.09. The van der Waals surface area contributed by atoms with Crippen molar-refractivity contribution >= 4 is 28.7 Å². The summed E-state index contributed by atoms with van der Waals surface area (Å²) < 4.78 is 0. The SMILES string of the molecule is Nc1n[nH]c2cc(C(=O)C=NO)ccc12. The number of Topliss-reactive ketones (excluding diaryl/α,β-unsaturated/α-hetero) is 1. The molecule has 76 valence electrons. The maximum absolute atomic E-state index is 11.3. The summed E-state index contributed by atoms with van der Waals surface area (Å²) in [5, 5.41) is 18.1. The number of aromatic amines is 1. The lowest BCUT2D eigenvalue weighted by Gasteiger charge is -1.94. The van der Waals surface area contributed by atoms with Crippen molar-refractivity contribution in [2.45, 2.75) is 0 Å². The second-order valence-corrected chi connectivity index (χ2v) is 2.98. The third-order valence-corrected chi connectivity index (χ3v) is 2.05. The van der Waals surface area contributed by atoms with Crippen molar-refractivity contribution in [1.82, 2.24) is 10.2 Å². The first-order chi connectivity index (χ1) is 7.22. The number of nitrogens with two attached hydrogens (primary N) is 1. The number of benzene rings is 1. The van der Waals surface area contributed by atoms with E-state index in [-0.39, 0.29) is 5.78 Å². The summed E-state index contributed by atoms with van der Waals surface area (Å²) in [5.74, 6) is 0.00685.